The van der Waals surface area contributed by atoms with Crippen molar-refractivity contribution in [2.24, 2.45) is 5.92 Å². The molecule has 4 aromatic rings. The molecular weight excluding hydrogens is 490 g/mol. The lowest BCUT2D eigenvalue weighted by Gasteiger charge is -2.26. The molecule has 5 rings (SSSR count). The molecule has 1 amide bonds. The van der Waals surface area contributed by atoms with Gasteiger partial charge in [0.05, 0.1) is 32.6 Å². The van der Waals surface area contributed by atoms with Gasteiger partial charge in [0.2, 0.25) is 0 Å². The number of fused-ring (bicyclic) bond motifs is 1. The molecule has 3 aromatic carbocycles. The van der Waals surface area contributed by atoms with E-state index in [0.29, 0.717) is 24.8 Å². The van der Waals surface area contributed by atoms with Gasteiger partial charge in [0.25, 0.3) is 5.91 Å². The molecule has 0 spiro atoms. The SMILES string of the molecule is COc1ccc(CCN2C(=O)c3[nH]nc(-c4ccc(OC)cc4)c3C2c2ccc(OCCC(C)C)cc2)cc1. The summed E-state index contributed by atoms with van der Waals surface area (Å²) in [5, 5.41) is 7.63. The lowest BCUT2D eigenvalue weighted by molar-refractivity contribution is 0.0746. The summed E-state index contributed by atoms with van der Waals surface area (Å²) in [6, 6.07) is 23.6. The van der Waals surface area contributed by atoms with Crippen molar-refractivity contribution >= 4 is 5.91 Å². The van der Waals surface area contributed by atoms with Crippen LogP contribution in [0, 0.1) is 5.92 Å². The van der Waals surface area contributed by atoms with Crippen LogP contribution in [0.15, 0.2) is 72.8 Å². The van der Waals surface area contributed by atoms with Crippen LogP contribution in [-0.2, 0) is 6.42 Å². The van der Waals surface area contributed by atoms with Crippen molar-refractivity contribution in [3.8, 4) is 28.5 Å². The third kappa shape index (κ3) is 5.62. The fourth-order valence-electron chi connectivity index (χ4n) is 4.94. The van der Waals surface area contributed by atoms with Gasteiger partial charge in [-0.25, -0.2) is 0 Å². The van der Waals surface area contributed by atoms with Crippen LogP contribution in [0.4, 0.5) is 0 Å². The summed E-state index contributed by atoms with van der Waals surface area (Å²) >= 11 is 0. The van der Waals surface area contributed by atoms with Crippen LogP contribution in [0.1, 0.15) is 53.5 Å². The number of nitrogens with one attached hydrogen (secondary N) is 1. The smallest absolute Gasteiger partial charge is 0.273 e. The standard InChI is InChI=1S/C32H35N3O4/c1-21(2)18-20-39-27-15-9-24(10-16-27)31-28-29(23-7-13-26(38-4)14-8-23)33-34-30(28)32(36)35(31)19-17-22-5-11-25(37-3)12-6-22/h5-16,21,31H,17-20H2,1-4H3,(H,33,34). The third-order valence-corrected chi connectivity index (χ3v) is 7.19. The van der Waals surface area contributed by atoms with E-state index in [-0.39, 0.29) is 11.9 Å². The minimum atomic E-state index is -0.272. The normalized spacial score (nSPS) is 14.5. The molecule has 7 heteroatoms. The summed E-state index contributed by atoms with van der Waals surface area (Å²) < 4.78 is 16.6. The number of nitrogens with zero attached hydrogens (tertiary/aromatic N) is 2. The molecule has 0 bridgehead atoms. The Morgan fingerprint density at radius 2 is 1.49 bits per heavy atom. The van der Waals surface area contributed by atoms with E-state index in [1.165, 1.54) is 0 Å². The molecule has 1 aliphatic heterocycles. The Kier molecular flexibility index (Phi) is 7.87. The number of carbonyl (C=O) groups excluding carboxylic acids is 1. The number of ether oxygens (including phenoxy) is 3. The Balaban J connectivity index is 1.46. The van der Waals surface area contributed by atoms with Crippen LogP contribution in [0.2, 0.25) is 0 Å². The molecule has 39 heavy (non-hydrogen) atoms. The van der Waals surface area contributed by atoms with Crippen LogP contribution in [0.3, 0.4) is 0 Å². The average Bonchev–Trinajstić information content (AvgIpc) is 3.51. The fourth-order valence-corrected chi connectivity index (χ4v) is 4.94. The average molecular weight is 526 g/mol. The van der Waals surface area contributed by atoms with Gasteiger partial charge in [-0.3, -0.25) is 9.89 Å². The summed E-state index contributed by atoms with van der Waals surface area (Å²) in [5.41, 5.74) is 5.29. The highest BCUT2D eigenvalue weighted by Gasteiger charge is 2.41. The summed E-state index contributed by atoms with van der Waals surface area (Å²) in [5.74, 6) is 2.95. The lowest BCUT2D eigenvalue weighted by Crippen LogP contribution is -2.31. The molecule has 2 heterocycles. The van der Waals surface area contributed by atoms with Crippen LogP contribution < -0.4 is 14.2 Å². The number of hydrogen-bond donors (Lipinski definition) is 1. The fraction of sp³-hybridized carbons (Fsp3) is 0.312. The quantitative estimate of drug-likeness (QED) is 0.248. The Morgan fingerprint density at radius 1 is 0.872 bits per heavy atom. The summed E-state index contributed by atoms with van der Waals surface area (Å²) in [7, 11) is 3.30. The molecule has 0 fully saturated rings. The van der Waals surface area contributed by atoms with Crippen molar-refractivity contribution < 1.29 is 19.0 Å². The number of aromatic amines is 1. The largest absolute Gasteiger partial charge is 0.497 e. The Hall–Kier alpha value is -4.26. The van der Waals surface area contributed by atoms with Crippen LogP contribution in [0.5, 0.6) is 17.2 Å². The van der Waals surface area contributed by atoms with Crippen molar-refractivity contribution in [3.63, 3.8) is 0 Å². The van der Waals surface area contributed by atoms with Crippen molar-refractivity contribution in [3.05, 3.63) is 95.2 Å². The zero-order valence-corrected chi connectivity index (χ0v) is 22.9. The number of benzene rings is 3. The highest BCUT2D eigenvalue weighted by molar-refractivity contribution is 6.00. The van der Waals surface area contributed by atoms with Crippen LogP contribution in [0.25, 0.3) is 11.3 Å². The zero-order valence-electron chi connectivity index (χ0n) is 22.9. The number of H-pyrrole nitrogens is 1. The second kappa shape index (κ2) is 11.6. The molecular formula is C32H35N3O4. The van der Waals surface area contributed by atoms with Gasteiger partial charge >= 0.3 is 0 Å². The van der Waals surface area contributed by atoms with Gasteiger partial charge in [-0.05, 0) is 78.4 Å². The summed E-state index contributed by atoms with van der Waals surface area (Å²) in [4.78, 5) is 15.6. The predicted molar refractivity (Wildman–Crippen MR) is 152 cm³/mol. The lowest BCUT2D eigenvalue weighted by atomic mass is 9.95. The Bertz CT molecular complexity index is 1390. The molecule has 1 aliphatic rings. The van der Waals surface area contributed by atoms with E-state index in [2.05, 4.69) is 36.2 Å². The van der Waals surface area contributed by atoms with Crippen LogP contribution in [-0.4, -0.2) is 48.4 Å². The molecule has 0 radical (unpaired) electrons. The van der Waals surface area contributed by atoms with Crippen molar-refractivity contribution in [1.82, 2.24) is 15.1 Å². The van der Waals surface area contributed by atoms with Gasteiger partial charge in [0.1, 0.15) is 22.9 Å². The zero-order chi connectivity index (χ0) is 27.4. The highest BCUT2D eigenvalue weighted by atomic mass is 16.5. The van der Waals surface area contributed by atoms with Gasteiger partial charge < -0.3 is 19.1 Å². The monoisotopic (exact) mass is 525 g/mol. The van der Waals surface area contributed by atoms with E-state index in [1.54, 1.807) is 14.2 Å². The van der Waals surface area contributed by atoms with Gasteiger partial charge in [0, 0.05) is 17.7 Å². The molecule has 202 valence electrons. The number of hydrogen-bond acceptors (Lipinski definition) is 5. The summed E-state index contributed by atoms with van der Waals surface area (Å²) in [6.45, 7) is 5.62. The number of amides is 1. The maximum Gasteiger partial charge on any atom is 0.273 e. The second-order valence-electron chi connectivity index (χ2n) is 10.2. The van der Waals surface area contributed by atoms with E-state index < -0.39 is 0 Å². The van der Waals surface area contributed by atoms with Crippen LogP contribution >= 0.6 is 0 Å². The highest BCUT2D eigenvalue weighted by Crippen LogP contribution is 2.43. The number of rotatable bonds is 11. The predicted octanol–water partition coefficient (Wildman–Crippen LogP) is 6.31. The first-order chi connectivity index (χ1) is 19.0. The Labute approximate surface area is 229 Å². The minimum Gasteiger partial charge on any atom is -0.497 e. The van der Waals surface area contributed by atoms with Gasteiger partial charge in [-0.15, -0.1) is 0 Å². The molecule has 1 N–H and O–H groups in total. The number of methoxy groups -OCH3 is 2. The van der Waals surface area contributed by atoms with E-state index in [1.807, 2.05) is 65.6 Å². The van der Waals surface area contributed by atoms with E-state index in [0.717, 1.165) is 58.0 Å². The molecule has 1 aromatic heterocycles. The van der Waals surface area contributed by atoms with E-state index in [9.17, 15) is 4.79 Å². The molecule has 1 atom stereocenters. The molecule has 0 saturated heterocycles. The topological polar surface area (TPSA) is 76.7 Å². The molecule has 0 aliphatic carbocycles. The first-order valence-corrected chi connectivity index (χ1v) is 13.4. The first-order valence-electron chi connectivity index (χ1n) is 13.4. The first kappa shape index (κ1) is 26.4. The molecule has 0 saturated carbocycles. The van der Waals surface area contributed by atoms with Gasteiger partial charge in [-0.2, -0.15) is 5.10 Å². The molecule has 1 unspecified atom stereocenters. The summed E-state index contributed by atoms with van der Waals surface area (Å²) in [6.07, 6.45) is 1.72. The van der Waals surface area contributed by atoms with Crippen molar-refractivity contribution in [1.29, 1.82) is 0 Å². The van der Waals surface area contributed by atoms with Gasteiger partial charge in [-0.1, -0.05) is 38.1 Å². The maximum absolute atomic E-state index is 13.7. The van der Waals surface area contributed by atoms with E-state index >= 15 is 0 Å². The van der Waals surface area contributed by atoms with Crippen molar-refractivity contribution in [2.45, 2.75) is 32.7 Å². The molecule has 7 nitrogen and oxygen atoms in total. The maximum atomic E-state index is 13.7. The van der Waals surface area contributed by atoms with Crippen molar-refractivity contribution in [2.75, 3.05) is 27.4 Å². The Morgan fingerprint density at radius 3 is 2.10 bits per heavy atom. The number of aromatic nitrogens is 2. The third-order valence-electron chi connectivity index (χ3n) is 7.19. The number of carbonyl (C=O) groups is 1. The minimum absolute atomic E-state index is 0.0481. The second-order valence-corrected chi connectivity index (χ2v) is 10.2. The van der Waals surface area contributed by atoms with E-state index in [4.69, 9.17) is 14.2 Å². The van der Waals surface area contributed by atoms with Gasteiger partial charge in [0.15, 0.2) is 0 Å².